The molecule has 1 aromatic carbocycles. The molecule has 1 fully saturated rings. The van der Waals surface area contributed by atoms with Crippen LogP contribution in [0.15, 0.2) is 55.1 Å². The minimum absolute atomic E-state index is 0.288. The lowest BCUT2D eigenvalue weighted by Crippen LogP contribution is -2.29. The molecule has 29 heavy (non-hydrogen) atoms. The van der Waals surface area contributed by atoms with Gasteiger partial charge < -0.3 is 10.6 Å². The highest BCUT2D eigenvalue weighted by Gasteiger charge is 2.19. The highest BCUT2D eigenvalue weighted by atomic mass is 16.2. The Morgan fingerprint density at radius 2 is 1.97 bits per heavy atom. The number of piperidine rings is 1. The van der Waals surface area contributed by atoms with Crippen LogP contribution in [0.3, 0.4) is 0 Å². The van der Waals surface area contributed by atoms with E-state index < -0.39 is 0 Å². The lowest BCUT2D eigenvalue weighted by molar-refractivity contribution is 0.102. The van der Waals surface area contributed by atoms with Crippen LogP contribution in [-0.4, -0.2) is 48.5 Å². The fourth-order valence-electron chi connectivity index (χ4n) is 3.57. The van der Waals surface area contributed by atoms with E-state index in [-0.39, 0.29) is 11.9 Å². The van der Waals surface area contributed by atoms with Crippen molar-refractivity contribution in [1.82, 2.24) is 34.8 Å². The van der Waals surface area contributed by atoms with E-state index in [1.165, 1.54) is 0 Å². The summed E-state index contributed by atoms with van der Waals surface area (Å²) >= 11 is 0. The summed E-state index contributed by atoms with van der Waals surface area (Å²) in [5.41, 5.74) is 2.78. The third-order valence-electron chi connectivity index (χ3n) is 5.13. The van der Waals surface area contributed by atoms with Gasteiger partial charge in [-0.3, -0.25) is 9.36 Å². The minimum Gasteiger partial charge on any atom is -0.319 e. The molecule has 0 spiro atoms. The van der Waals surface area contributed by atoms with Gasteiger partial charge in [-0.25, -0.2) is 14.6 Å². The maximum absolute atomic E-state index is 12.5. The molecular formula is C20H20N8O. The van der Waals surface area contributed by atoms with Crippen molar-refractivity contribution in [2.45, 2.75) is 18.9 Å². The molecule has 0 aliphatic carbocycles. The van der Waals surface area contributed by atoms with Gasteiger partial charge in [0.2, 0.25) is 0 Å². The molecule has 1 aliphatic heterocycles. The Balaban J connectivity index is 1.30. The first-order chi connectivity index (χ1) is 14.3. The number of pyridine rings is 1. The van der Waals surface area contributed by atoms with E-state index in [1.807, 2.05) is 41.0 Å². The molecule has 1 aliphatic rings. The largest absolute Gasteiger partial charge is 0.319 e. The molecule has 4 aromatic rings. The monoisotopic (exact) mass is 388 g/mol. The molecule has 0 unspecified atom stereocenters. The van der Waals surface area contributed by atoms with Crippen molar-refractivity contribution in [1.29, 1.82) is 0 Å². The second kappa shape index (κ2) is 7.44. The molecule has 2 N–H and O–H groups in total. The molecule has 1 saturated heterocycles. The van der Waals surface area contributed by atoms with Crippen LogP contribution in [0.1, 0.15) is 29.4 Å². The maximum atomic E-state index is 12.5. The molecule has 146 valence electrons. The lowest BCUT2D eigenvalue weighted by Gasteiger charge is -2.22. The molecule has 0 bridgehead atoms. The third kappa shape index (κ3) is 3.47. The van der Waals surface area contributed by atoms with Crippen LogP contribution in [0.2, 0.25) is 0 Å². The summed E-state index contributed by atoms with van der Waals surface area (Å²) in [4.78, 5) is 21.4. The lowest BCUT2D eigenvalue weighted by atomic mass is 10.1. The summed E-state index contributed by atoms with van der Waals surface area (Å²) in [5.74, 6) is 0.432. The Labute approximate surface area is 166 Å². The number of nitrogens with one attached hydrogen (secondary N) is 2. The van der Waals surface area contributed by atoms with Gasteiger partial charge in [-0.05, 0) is 50.2 Å². The number of imidazole rings is 1. The summed E-state index contributed by atoms with van der Waals surface area (Å²) in [6.07, 6.45) is 7.05. The zero-order chi connectivity index (χ0) is 19.6. The Kier molecular flexibility index (Phi) is 4.49. The van der Waals surface area contributed by atoms with E-state index in [1.54, 1.807) is 23.4 Å². The predicted molar refractivity (Wildman–Crippen MR) is 108 cm³/mol. The summed E-state index contributed by atoms with van der Waals surface area (Å²) in [6, 6.07) is 11.8. The van der Waals surface area contributed by atoms with E-state index in [9.17, 15) is 4.79 Å². The Bertz CT molecular complexity index is 1140. The van der Waals surface area contributed by atoms with Gasteiger partial charge >= 0.3 is 0 Å². The zero-order valence-corrected chi connectivity index (χ0v) is 15.7. The Morgan fingerprint density at radius 1 is 1.10 bits per heavy atom. The summed E-state index contributed by atoms with van der Waals surface area (Å²) < 4.78 is 3.70. The number of hydrogen-bond donors (Lipinski definition) is 2. The number of anilines is 1. The van der Waals surface area contributed by atoms with E-state index in [0.29, 0.717) is 11.4 Å². The van der Waals surface area contributed by atoms with E-state index in [4.69, 9.17) is 0 Å². The summed E-state index contributed by atoms with van der Waals surface area (Å²) in [7, 11) is 0. The normalized spacial score (nSPS) is 14.9. The van der Waals surface area contributed by atoms with Crippen molar-refractivity contribution in [2.24, 2.45) is 0 Å². The van der Waals surface area contributed by atoms with Gasteiger partial charge in [0.25, 0.3) is 5.91 Å². The Morgan fingerprint density at radius 3 is 2.79 bits per heavy atom. The molecule has 0 saturated carbocycles. The molecule has 4 heterocycles. The first-order valence-electron chi connectivity index (χ1n) is 9.60. The topological polar surface area (TPSA) is 103 Å². The van der Waals surface area contributed by atoms with Crippen LogP contribution < -0.4 is 10.6 Å². The number of rotatable bonds is 4. The second-order valence-corrected chi connectivity index (χ2v) is 7.03. The highest BCUT2D eigenvalue weighted by molar-refractivity contribution is 6.02. The first kappa shape index (κ1) is 17.5. The van der Waals surface area contributed by atoms with E-state index in [2.05, 4.69) is 30.9 Å². The number of nitrogens with zero attached hydrogens (tertiary/aromatic N) is 6. The number of para-hydroxylation sites is 2. The predicted octanol–water partition coefficient (Wildman–Crippen LogP) is 2.19. The van der Waals surface area contributed by atoms with Gasteiger partial charge in [0, 0.05) is 0 Å². The summed E-state index contributed by atoms with van der Waals surface area (Å²) in [6.45, 7) is 1.91. The SMILES string of the molecule is O=C(Nc1ccc(-n2cnc3ccccc32)nc1)c1cn(C2CCNCC2)nn1. The average molecular weight is 388 g/mol. The molecule has 3 aromatic heterocycles. The van der Waals surface area contributed by atoms with Crippen LogP contribution in [0, 0.1) is 0 Å². The number of aromatic nitrogens is 6. The quantitative estimate of drug-likeness (QED) is 0.556. The van der Waals surface area contributed by atoms with Crippen molar-refractivity contribution < 1.29 is 4.79 Å². The molecule has 9 nitrogen and oxygen atoms in total. The van der Waals surface area contributed by atoms with Crippen LogP contribution in [-0.2, 0) is 0 Å². The zero-order valence-electron chi connectivity index (χ0n) is 15.7. The molecule has 5 rings (SSSR count). The molecular weight excluding hydrogens is 368 g/mol. The van der Waals surface area contributed by atoms with Crippen LogP contribution >= 0.6 is 0 Å². The number of carbonyl (C=O) groups is 1. The molecule has 0 atom stereocenters. The molecule has 1 amide bonds. The summed E-state index contributed by atoms with van der Waals surface area (Å²) in [5, 5.41) is 14.3. The van der Waals surface area contributed by atoms with Crippen molar-refractivity contribution >= 4 is 22.6 Å². The minimum atomic E-state index is -0.298. The maximum Gasteiger partial charge on any atom is 0.277 e. The van der Waals surface area contributed by atoms with Crippen molar-refractivity contribution in [2.75, 3.05) is 18.4 Å². The highest BCUT2D eigenvalue weighted by Crippen LogP contribution is 2.19. The molecule has 0 radical (unpaired) electrons. The fraction of sp³-hybridized carbons (Fsp3) is 0.250. The number of fused-ring (bicyclic) bond motifs is 1. The number of benzene rings is 1. The number of hydrogen-bond acceptors (Lipinski definition) is 6. The van der Waals surface area contributed by atoms with Gasteiger partial charge in [-0.15, -0.1) is 5.10 Å². The van der Waals surface area contributed by atoms with E-state index >= 15 is 0 Å². The van der Waals surface area contributed by atoms with Gasteiger partial charge in [0.1, 0.15) is 12.1 Å². The van der Waals surface area contributed by atoms with Crippen molar-refractivity contribution in [3.05, 3.63) is 60.8 Å². The van der Waals surface area contributed by atoms with Crippen molar-refractivity contribution in [3.8, 4) is 5.82 Å². The smallest absolute Gasteiger partial charge is 0.277 e. The van der Waals surface area contributed by atoms with Gasteiger partial charge in [-0.1, -0.05) is 17.3 Å². The van der Waals surface area contributed by atoms with Crippen molar-refractivity contribution in [3.63, 3.8) is 0 Å². The van der Waals surface area contributed by atoms with E-state index in [0.717, 1.165) is 42.8 Å². The first-order valence-corrected chi connectivity index (χ1v) is 9.60. The van der Waals surface area contributed by atoms with Crippen LogP contribution in [0.4, 0.5) is 5.69 Å². The van der Waals surface area contributed by atoms with Gasteiger partial charge in [-0.2, -0.15) is 0 Å². The fourth-order valence-corrected chi connectivity index (χ4v) is 3.57. The third-order valence-corrected chi connectivity index (χ3v) is 5.13. The standard InChI is InChI=1S/C20H20N8O/c29-20(17-12-28(26-25-17)15-7-9-21-10-8-15)24-14-5-6-19(22-11-14)27-13-23-16-3-1-2-4-18(16)27/h1-6,11-13,15,21H,7-10H2,(H,24,29). The number of amides is 1. The Hall–Kier alpha value is -3.59. The number of carbonyl (C=O) groups excluding carboxylic acids is 1. The second-order valence-electron chi connectivity index (χ2n) is 7.03. The average Bonchev–Trinajstić information content (AvgIpc) is 3.43. The van der Waals surface area contributed by atoms with Gasteiger partial charge in [0.05, 0.1) is 35.2 Å². The van der Waals surface area contributed by atoms with Crippen LogP contribution in [0.25, 0.3) is 16.9 Å². The van der Waals surface area contributed by atoms with Crippen LogP contribution in [0.5, 0.6) is 0 Å². The van der Waals surface area contributed by atoms with Gasteiger partial charge in [0.15, 0.2) is 5.69 Å². The molecule has 9 heteroatoms.